The second-order valence-electron chi connectivity index (χ2n) is 6.12. The molecule has 1 fully saturated rings. The lowest BCUT2D eigenvalue weighted by molar-refractivity contribution is -0.117. The third-order valence-electron chi connectivity index (χ3n) is 4.12. The van der Waals surface area contributed by atoms with Gasteiger partial charge in [-0.3, -0.25) is 9.59 Å². The highest BCUT2D eigenvalue weighted by Gasteiger charge is 2.32. The molecule has 5 heteroatoms. The average Bonchev–Trinajstić information content (AvgIpc) is 3.00. The third-order valence-corrected chi connectivity index (χ3v) is 5.17. The highest BCUT2D eigenvalue weighted by molar-refractivity contribution is 8.13. The Bertz CT molecular complexity index is 748. The van der Waals surface area contributed by atoms with Gasteiger partial charge in [0, 0.05) is 25.6 Å². The van der Waals surface area contributed by atoms with Crippen LogP contribution in [0.25, 0.3) is 0 Å². The highest BCUT2D eigenvalue weighted by Crippen LogP contribution is 2.34. The van der Waals surface area contributed by atoms with Crippen LogP contribution in [0.3, 0.4) is 0 Å². The Morgan fingerprint density at radius 2 is 1.88 bits per heavy atom. The topological polar surface area (TPSA) is 46.6 Å². The van der Waals surface area contributed by atoms with E-state index in [-0.39, 0.29) is 16.9 Å². The van der Waals surface area contributed by atoms with Gasteiger partial charge in [-0.1, -0.05) is 54.2 Å². The van der Waals surface area contributed by atoms with Crippen LogP contribution in [0.4, 0.5) is 5.69 Å². The first-order chi connectivity index (χ1) is 12.1. The largest absolute Gasteiger partial charge is 0.487 e. The Morgan fingerprint density at radius 3 is 2.64 bits per heavy atom. The summed E-state index contributed by atoms with van der Waals surface area (Å²) in [6, 6.07) is 17.6. The predicted molar refractivity (Wildman–Crippen MR) is 101 cm³/mol. The molecule has 0 bridgehead atoms. The van der Waals surface area contributed by atoms with E-state index < -0.39 is 0 Å². The maximum Gasteiger partial charge on any atom is 0.227 e. The lowest BCUT2D eigenvalue weighted by Gasteiger charge is -2.20. The van der Waals surface area contributed by atoms with Gasteiger partial charge in [-0.05, 0) is 23.6 Å². The molecule has 0 N–H and O–H groups in total. The minimum absolute atomic E-state index is 0.0879. The van der Waals surface area contributed by atoms with E-state index in [1.54, 1.807) is 11.8 Å². The van der Waals surface area contributed by atoms with Gasteiger partial charge in [0.25, 0.3) is 0 Å². The molecule has 2 aromatic rings. The van der Waals surface area contributed by atoms with Gasteiger partial charge in [-0.15, -0.1) is 0 Å². The zero-order valence-electron chi connectivity index (χ0n) is 14.2. The molecule has 1 amide bonds. The first kappa shape index (κ1) is 17.5. The van der Waals surface area contributed by atoms with Crippen molar-refractivity contribution in [3.05, 3.63) is 60.2 Å². The van der Waals surface area contributed by atoms with Gasteiger partial charge in [0.15, 0.2) is 5.12 Å². The Balaban J connectivity index is 1.70. The van der Waals surface area contributed by atoms with Crippen molar-refractivity contribution in [2.45, 2.75) is 20.0 Å². The molecule has 1 unspecified atom stereocenters. The van der Waals surface area contributed by atoms with Crippen LogP contribution in [0, 0.1) is 5.92 Å². The van der Waals surface area contributed by atoms with Crippen LogP contribution in [-0.2, 0) is 16.2 Å². The lowest BCUT2D eigenvalue weighted by Crippen LogP contribution is -2.25. The van der Waals surface area contributed by atoms with Crippen molar-refractivity contribution in [1.29, 1.82) is 0 Å². The average molecular weight is 355 g/mol. The van der Waals surface area contributed by atoms with Gasteiger partial charge in [-0.2, -0.15) is 0 Å². The summed E-state index contributed by atoms with van der Waals surface area (Å²) in [4.78, 5) is 25.4. The summed E-state index contributed by atoms with van der Waals surface area (Å²) in [6.07, 6.45) is 0.479. The number of para-hydroxylation sites is 2. The van der Waals surface area contributed by atoms with Gasteiger partial charge in [0.2, 0.25) is 5.91 Å². The maximum atomic E-state index is 12.4. The SMILES string of the molecule is CC(=O)SCC1CC(=O)N(c2ccccc2OCc2ccccc2)C1. The molecule has 25 heavy (non-hydrogen) atoms. The van der Waals surface area contributed by atoms with Crippen LogP contribution < -0.4 is 9.64 Å². The number of nitrogens with zero attached hydrogens (tertiary/aromatic N) is 1. The van der Waals surface area contributed by atoms with E-state index in [1.165, 1.54) is 11.8 Å². The quantitative estimate of drug-likeness (QED) is 0.788. The van der Waals surface area contributed by atoms with Crippen molar-refractivity contribution in [3.63, 3.8) is 0 Å². The minimum Gasteiger partial charge on any atom is -0.487 e. The molecule has 0 aromatic heterocycles. The lowest BCUT2D eigenvalue weighted by atomic mass is 10.1. The molecule has 1 aliphatic heterocycles. The smallest absolute Gasteiger partial charge is 0.227 e. The summed E-state index contributed by atoms with van der Waals surface area (Å²) >= 11 is 1.29. The standard InChI is InChI=1S/C20H21NO3S/c1-15(22)25-14-17-11-20(23)21(12-17)18-9-5-6-10-19(18)24-13-16-7-3-2-4-8-16/h2-10,17H,11-14H2,1H3. The van der Waals surface area contributed by atoms with E-state index in [1.807, 2.05) is 54.6 Å². The van der Waals surface area contributed by atoms with E-state index >= 15 is 0 Å². The molecular weight excluding hydrogens is 334 g/mol. The van der Waals surface area contributed by atoms with Crippen molar-refractivity contribution >= 4 is 28.5 Å². The normalized spacial score (nSPS) is 16.9. The third kappa shape index (κ3) is 4.63. The van der Waals surface area contributed by atoms with Crippen LogP contribution in [0.1, 0.15) is 18.9 Å². The van der Waals surface area contributed by atoms with Crippen molar-refractivity contribution in [2.75, 3.05) is 17.2 Å². The number of carbonyl (C=O) groups excluding carboxylic acids is 2. The number of hydrogen-bond donors (Lipinski definition) is 0. The van der Waals surface area contributed by atoms with E-state index in [0.717, 1.165) is 11.3 Å². The molecule has 2 aromatic carbocycles. The van der Waals surface area contributed by atoms with E-state index in [9.17, 15) is 9.59 Å². The molecule has 1 saturated heterocycles. The first-order valence-corrected chi connectivity index (χ1v) is 9.31. The Kier molecular flexibility index (Phi) is 5.76. The van der Waals surface area contributed by atoms with Gasteiger partial charge >= 0.3 is 0 Å². The second-order valence-corrected chi connectivity index (χ2v) is 7.32. The van der Waals surface area contributed by atoms with E-state index in [4.69, 9.17) is 4.74 Å². The van der Waals surface area contributed by atoms with Gasteiger partial charge in [0.05, 0.1) is 5.69 Å². The summed E-state index contributed by atoms with van der Waals surface area (Å²) in [6.45, 7) is 2.65. The molecular formula is C20H21NO3S. The number of benzene rings is 2. The molecule has 1 heterocycles. The fourth-order valence-electron chi connectivity index (χ4n) is 2.90. The summed E-state index contributed by atoms with van der Waals surface area (Å²) in [7, 11) is 0. The molecule has 0 saturated carbocycles. The Hall–Kier alpha value is -2.27. The number of amides is 1. The van der Waals surface area contributed by atoms with Crippen molar-refractivity contribution in [2.24, 2.45) is 5.92 Å². The number of hydrogen-bond acceptors (Lipinski definition) is 4. The molecule has 0 aliphatic carbocycles. The van der Waals surface area contributed by atoms with Crippen LogP contribution in [0.2, 0.25) is 0 Å². The molecule has 0 spiro atoms. The van der Waals surface area contributed by atoms with Gasteiger partial charge in [-0.25, -0.2) is 0 Å². The van der Waals surface area contributed by atoms with Crippen LogP contribution >= 0.6 is 11.8 Å². The molecule has 0 radical (unpaired) electrons. The molecule has 130 valence electrons. The number of ether oxygens (including phenoxy) is 1. The van der Waals surface area contributed by atoms with Crippen molar-refractivity contribution in [3.8, 4) is 5.75 Å². The van der Waals surface area contributed by atoms with Crippen LogP contribution in [0.5, 0.6) is 5.75 Å². The summed E-state index contributed by atoms with van der Waals surface area (Å²) in [5.41, 5.74) is 1.89. The zero-order valence-corrected chi connectivity index (χ0v) is 15.0. The Labute approximate surface area is 152 Å². The number of carbonyl (C=O) groups is 2. The number of anilines is 1. The van der Waals surface area contributed by atoms with E-state index in [2.05, 4.69) is 0 Å². The molecule has 1 atom stereocenters. The summed E-state index contributed by atoms with van der Waals surface area (Å²) in [5, 5.41) is 0.0949. The van der Waals surface area contributed by atoms with E-state index in [0.29, 0.717) is 31.1 Å². The fraction of sp³-hybridized carbons (Fsp3) is 0.300. The molecule has 1 aliphatic rings. The van der Waals surface area contributed by atoms with Crippen molar-refractivity contribution < 1.29 is 14.3 Å². The second kappa shape index (κ2) is 8.21. The number of rotatable bonds is 6. The predicted octanol–water partition coefficient (Wildman–Crippen LogP) is 3.90. The van der Waals surface area contributed by atoms with Gasteiger partial charge in [0.1, 0.15) is 12.4 Å². The molecule has 3 rings (SSSR count). The maximum absolute atomic E-state index is 12.4. The van der Waals surface area contributed by atoms with Crippen LogP contribution in [0.15, 0.2) is 54.6 Å². The highest BCUT2D eigenvalue weighted by atomic mass is 32.2. The molecule has 4 nitrogen and oxygen atoms in total. The number of thioether (sulfide) groups is 1. The summed E-state index contributed by atoms with van der Waals surface area (Å²) in [5.74, 6) is 1.68. The summed E-state index contributed by atoms with van der Waals surface area (Å²) < 4.78 is 5.96. The van der Waals surface area contributed by atoms with Crippen LogP contribution in [-0.4, -0.2) is 23.3 Å². The minimum atomic E-state index is 0.0879. The van der Waals surface area contributed by atoms with Crippen molar-refractivity contribution in [1.82, 2.24) is 0 Å². The first-order valence-electron chi connectivity index (χ1n) is 8.33. The van der Waals surface area contributed by atoms with Gasteiger partial charge < -0.3 is 9.64 Å². The Morgan fingerprint density at radius 1 is 1.16 bits per heavy atom. The zero-order chi connectivity index (χ0) is 17.6. The fourth-order valence-corrected chi connectivity index (χ4v) is 3.59. The monoisotopic (exact) mass is 355 g/mol.